The van der Waals surface area contributed by atoms with Gasteiger partial charge in [-0.15, -0.1) is 0 Å². The molecule has 1 heterocycles. The third-order valence-electron chi connectivity index (χ3n) is 2.56. The Morgan fingerprint density at radius 1 is 1.45 bits per heavy atom. The first-order chi connectivity index (χ1) is 9.51. The van der Waals surface area contributed by atoms with Gasteiger partial charge in [0.15, 0.2) is 5.69 Å². The minimum Gasteiger partial charge on any atom is -0.358 e. The molecule has 0 aliphatic rings. The van der Waals surface area contributed by atoms with Crippen molar-refractivity contribution in [3.8, 4) is 0 Å². The predicted molar refractivity (Wildman–Crippen MR) is 71.1 cm³/mol. The lowest BCUT2D eigenvalue weighted by Crippen LogP contribution is -2.32. The number of nitrogens with one attached hydrogen (secondary N) is 1. The Labute approximate surface area is 118 Å². The number of benzene rings is 1. The summed E-state index contributed by atoms with van der Waals surface area (Å²) in [7, 11) is 0. The highest BCUT2D eigenvalue weighted by atomic mass is 35.5. The van der Waals surface area contributed by atoms with Crippen LogP contribution in [0.15, 0.2) is 30.3 Å². The third-order valence-corrected chi connectivity index (χ3v) is 2.82. The van der Waals surface area contributed by atoms with E-state index in [1.807, 2.05) is 5.43 Å². The number of hydrogen-bond acceptors (Lipinski definition) is 5. The molecule has 0 spiro atoms. The smallest absolute Gasteiger partial charge is 0.358 e. The summed E-state index contributed by atoms with van der Waals surface area (Å²) in [5.41, 5.74) is 2.72. The van der Waals surface area contributed by atoms with Crippen LogP contribution in [0.1, 0.15) is 16.1 Å². The number of hydrogen-bond donors (Lipinski definition) is 2. The molecule has 3 N–H and O–H groups in total. The molecule has 1 amide bonds. The van der Waals surface area contributed by atoms with Crippen LogP contribution in [0.3, 0.4) is 0 Å². The van der Waals surface area contributed by atoms with Crippen LogP contribution < -0.4 is 11.3 Å². The molecule has 1 aromatic carbocycles. The van der Waals surface area contributed by atoms with E-state index in [0.717, 1.165) is 11.6 Å². The SMILES string of the molecule is NNC(=O)c1cc([N+](=O)[O-])nn1Cc1ccc(Cl)cc1. The lowest BCUT2D eigenvalue weighted by Gasteiger charge is -2.02. The van der Waals surface area contributed by atoms with Gasteiger partial charge in [0.2, 0.25) is 0 Å². The van der Waals surface area contributed by atoms with E-state index in [-0.39, 0.29) is 12.2 Å². The number of nitro groups is 1. The van der Waals surface area contributed by atoms with Crippen LogP contribution in [-0.2, 0) is 6.54 Å². The zero-order valence-electron chi connectivity index (χ0n) is 10.1. The number of amides is 1. The normalized spacial score (nSPS) is 10.3. The van der Waals surface area contributed by atoms with E-state index in [0.29, 0.717) is 5.02 Å². The highest BCUT2D eigenvalue weighted by molar-refractivity contribution is 6.30. The summed E-state index contributed by atoms with van der Waals surface area (Å²) >= 11 is 5.77. The van der Waals surface area contributed by atoms with Crippen LogP contribution in [-0.4, -0.2) is 20.6 Å². The fourth-order valence-corrected chi connectivity index (χ4v) is 1.76. The van der Waals surface area contributed by atoms with Crippen LogP contribution in [0.5, 0.6) is 0 Å². The van der Waals surface area contributed by atoms with Crippen molar-refractivity contribution in [3.05, 3.63) is 56.7 Å². The number of hydrazine groups is 1. The number of aromatic nitrogens is 2. The molecule has 2 rings (SSSR count). The van der Waals surface area contributed by atoms with Gasteiger partial charge in [-0.3, -0.25) is 10.2 Å². The summed E-state index contributed by atoms with van der Waals surface area (Å²) < 4.78 is 1.21. The highest BCUT2D eigenvalue weighted by Gasteiger charge is 2.22. The van der Waals surface area contributed by atoms with E-state index in [1.165, 1.54) is 4.68 Å². The Kier molecular flexibility index (Phi) is 3.97. The Hall–Kier alpha value is -2.45. The van der Waals surface area contributed by atoms with Crippen molar-refractivity contribution in [1.29, 1.82) is 0 Å². The number of rotatable bonds is 4. The van der Waals surface area contributed by atoms with Crippen molar-refractivity contribution < 1.29 is 9.72 Å². The Morgan fingerprint density at radius 3 is 2.65 bits per heavy atom. The van der Waals surface area contributed by atoms with Crippen molar-refractivity contribution in [3.63, 3.8) is 0 Å². The maximum absolute atomic E-state index is 11.6. The van der Waals surface area contributed by atoms with E-state index in [4.69, 9.17) is 17.4 Å². The second kappa shape index (κ2) is 5.68. The molecule has 0 unspecified atom stereocenters. The van der Waals surface area contributed by atoms with Crippen LogP contribution in [0, 0.1) is 10.1 Å². The Bertz CT molecular complexity index is 653. The minimum atomic E-state index is -0.675. The molecule has 0 saturated heterocycles. The van der Waals surface area contributed by atoms with E-state index >= 15 is 0 Å². The van der Waals surface area contributed by atoms with E-state index in [9.17, 15) is 14.9 Å². The first-order valence-electron chi connectivity index (χ1n) is 5.49. The van der Waals surface area contributed by atoms with Crippen LogP contribution >= 0.6 is 11.6 Å². The molecule has 104 valence electrons. The molecule has 0 radical (unpaired) electrons. The zero-order chi connectivity index (χ0) is 14.7. The average molecular weight is 296 g/mol. The van der Waals surface area contributed by atoms with E-state index in [1.54, 1.807) is 24.3 Å². The summed E-state index contributed by atoms with van der Waals surface area (Å²) in [6.07, 6.45) is 0. The van der Waals surface area contributed by atoms with Crippen molar-refractivity contribution in [2.45, 2.75) is 6.54 Å². The standard InChI is InChI=1S/C11H10ClN5O3/c12-8-3-1-7(2-4-8)6-16-9(11(18)14-13)5-10(15-16)17(19)20/h1-5H,6,13H2,(H,14,18). The fourth-order valence-electron chi connectivity index (χ4n) is 1.63. The molecular weight excluding hydrogens is 286 g/mol. The fraction of sp³-hybridized carbons (Fsp3) is 0.0909. The average Bonchev–Trinajstić information content (AvgIpc) is 2.84. The predicted octanol–water partition coefficient (Wildman–Crippen LogP) is 1.10. The lowest BCUT2D eigenvalue weighted by molar-refractivity contribution is -0.389. The highest BCUT2D eigenvalue weighted by Crippen LogP contribution is 2.15. The molecule has 0 bridgehead atoms. The molecule has 1 aromatic heterocycles. The number of carbonyl (C=O) groups is 1. The van der Waals surface area contributed by atoms with Gasteiger partial charge in [-0.2, -0.15) is 4.68 Å². The summed E-state index contributed by atoms with van der Waals surface area (Å²) in [5.74, 6) is 3.97. The maximum Gasteiger partial charge on any atom is 0.390 e. The second-order valence-corrected chi connectivity index (χ2v) is 4.34. The number of nitrogens with zero attached hydrogens (tertiary/aromatic N) is 3. The van der Waals surface area contributed by atoms with Gasteiger partial charge in [0.1, 0.15) is 0 Å². The molecule has 0 saturated carbocycles. The number of halogens is 1. The maximum atomic E-state index is 11.6. The molecule has 20 heavy (non-hydrogen) atoms. The van der Waals surface area contributed by atoms with E-state index < -0.39 is 16.6 Å². The first-order valence-corrected chi connectivity index (χ1v) is 5.86. The molecule has 0 aliphatic heterocycles. The number of nitrogen functional groups attached to an aromatic ring is 1. The van der Waals surface area contributed by atoms with Crippen LogP contribution in [0.4, 0.5) is 5.82 Å². The molecule has 0 fully saturated rings. The summed E-state index contributed by atoms with van der Waals surface area (Å²) in [6.45, 7) is 0.188. The molecule has 2 aromatic rings. The van der Waals surface area contributed by atoms with Gasteiger partial charge in [0.25, 0.3) is 5.91 Å². The topological polar surface area (TPSA) is 116 Å². The van der Waals surface area contributed by atoms with Crippen LogP contribution in [0.25, 0.3) is 0 Å². The Morgan fingerprint density at radius 2 is 2.10 bits per heavy atom. The summed E-state index contributed by atoms with van der Waals surface area (Å²) in [5, 5.41) is 15.1. The van der Waals surface area contributed by atoms with Crippen LogP contribution in [0.2, 0.25) is 5.02 Å². The van der Waals surface area contributed by atoms with Gasteiger partial charge in [0, 0.05) is 5.02 Å². The molecule has 8 nitrogen and oxygen atoms in total. The number of nitrogens with two attached hydrogens (primary N) is 1. The summed E-state index contributed by atoms with van der Waals surface area (Å²) in [4.78, 5) is 21.6. The van der Waals surface area contributed by atoms with Crippen molar-refractivity contribution in [2.75, 3.05) is 0 Å². The molecule has 0 atom stereocenters. The lowest BCUT2D eigenvalue weighted by atomic mass is 10.2. The Balaban J connectivity index is 2.36. The molecular formula is C11H10ClN5O3. The third kappa shape index (κ3) is 2.92. The van der Waals surface area contributed by atoms with Crippen molar-refractivity contribution >= 4 is 23.3 Å². The van der Waals surface area contributed by atoms with E-state index in [2.05, 4.69) is 5.10 Å². The van der Waals surface area contributed by atoms with Gasteiger partial charge >= 0.3 is 5.82 Å². The monoisotopic (exact) mass is 295 g/mol. The van der Waals surface area contributed by atoms with Crippen molar-refractivity contribution in [2.24, 2.45) is 5.84 Å². The summed E-state index contributed by atoms with van der Waals surface area (Å²) in [6, 6.07) is 7.90. The second-order valence-electron chi connectivity index (χ2n) is 3.90. The van der Waals surface area contributed by atoms with Crippen molar-refractivity contribution in [1.82, 2.24) is 15.2 Å². The zero-order valence-corrected chi connectivity index (χ0v) is 10.9. The van der Waals surface area contributed by atoms with Gasteiger partial charge in [-0.25, -0.2) is 5.84 Å². The quantitative estimate of drug-likeness (QED) is 0.379. The largest absolute Gasteiger partial charge is 0.390 e. The minimum absolute atomic E-state index is 0.00847. The molecule has 9 heteroatoms. The van der Waals surface area contributed by atoms with Gasteiger partial charge in [-0.05, 0) is 22.6 Å². The van der Waals surface area contributed by atoms with Gasteiger partial charge in [0.05, 0.1) is 17.7 Å². The molecule has 0 aliphatic carbocycles. The van der Waals surface area contributed by atoms with Gasteiger partial charge in [-0.1, -0.05) is 23.7 Å². The first kappa shape index (κ1) is 14.0. The van der Waals surface area contributed by atoms with Gasteiger partial charge < -0.3 is 10.1 Å². The number of carbonyl (C=O) groups excluding carboxylic acids is 1.